The molecule has 2 aromatic carbocycles. The minimum absolute atomic E-state index is 0.123. The lowest BCUT2D eigenvalue weighted by Gasteiger charge is -2.53. The molecule has 2 aliphatic carbocycles. The van der Waals surface area contributed by atoms with E-state index < -0.39 is 5.54 Å². The van der Waals surface area contributed by atoms with Crippen LogP contribution < -0.4 is 10.1 Å². The predicted molar refractivity (Wildman–Crippen MR) is 132 cm³/mol. The van der Waals surface area contributed by atoms with E-state index in [4.69, 9.17) is 4.74 Å². The fourth-order valence-corrected chi connectivity index (χ4v) is 7.24. The van der Waals surface area contributed by atoms with Gasteiger partial charge in [-0.15, -0.1) is 0 Å². The number of ether oxygens (including phenoxy) is 1. The third kappa shape index (κ3) is 3.32. The Morgan fingerprint density at radius 1 is 0.944 bits per heavy atom. The molecule has 7 nitrogen and oxygen atoms in total. The molecule has 0 aromatic heterocycles. The lowest BCUT2D eigenvalue weighted by atomic mass is 9.63. The molecule has 2 aromatic rings. The fourth-order valence-electron chi connectivity index (χ4n) is 7.24. The van der Waals surface area contributed by atoms with Gasteiger partial charge in [-0.1, -0.05) is 30.3 Å². The third-order valence-electron chi connectivity index (χ3n) is 9.26. The highest BCUT2D eigenvalue weighted by Gasteiger charge is 2.63. The van der Waals surface area contributed by atoms with Gasteiger partial charge in [0.1, 0.15) is 17.4 Å². The standard InChI is InChI=1S/C29H31N3O4/c33-26-21-14-29(15-21,28(35)30-26)32-17-20-13-22(9-10-23(20)27(32)34)36-25-8-4-7-24(25)31-12-11-19(16-31)18-5-2-1-3-6-18/h1-3,5-6,9-10,13,19,21,24-25H,4,7-8,11-12,14-17H2,(H,30,33,35)/t19-,21?,24-,25-,29?/m1/s1. The highest BCUT2D eigenvalue weighted by molar-refractivity contribution is 6.10. The third-order valence-corrected chi connectivity index (χ3v) is 9.26. The second kappa shape index (κ2) is 8.17. The van der Waals surface area contributed by atoms with E-state index in [1.807, 2.05) is 18.2 Å². The average Bonchev–Trinajstić information content (AvgIpc) is 3.58. The van der Waals surface area contributed by atoms with Crippen molar-refractivity contribution in [3.63, 3.8) is 0 Å². The number of imide groups is 1. The molecule has 8 rings (SSSR count). The van der Waals surface area contributed by atoms with Crippen molar-refractivity contribution >= 4 is 17.7 Å². The van der Waals surface area contributed by atoms with E-state index >= 15 is 0 Å². The van der Waals surface area contributed by atoms with Crippen molar-refractivity contribution < 1.29 is 19.1 Å². The number of hydrogen-bond acceptors (Lipinski definition) is 5. The summed E-state index contributed by atoms with van der Waals surface area (Å²) in [5, 5.41) is 2.45. The number of hydrogen-bond donors (Lipinski definition) is 1. The number of likely N-dealkylation sites (tertiary alicyclic amines) is 1. The highest BCUT2D eigenvalue weighted by Crippen LogP contribution is 2.49. The van der Waals surface area contributed by atoms with Crippen molar-refractivity contribution in [1.29, 1.82) is 0 Å². The molecule has 6 aliphatic rings. The van der Waals surface area contributed by atoms with Gasteiger partial charge in [-0.3, -0.25) is 24.6 Å². The molecule has 1 N–H and O–H groups in total. The molecule has 3 atom stereocenters. The van der Waals surface area contributed by atoms with Crippen LogP contribution in [0.5, 0.6) is 5.75 Å². The van der Waals surface area contributed by atoms with Gasteiger partial charge >= 0.3 is 0 Å². The first-order chi connectivity index (χ1) is 17.5. The van der Waals surface area contributed by atoms with Crippen molar-refractivity contribution in [1.82, 2.24) is 15.1 Å². The number of nitrogens with zero attached hydrogens (tertiary/aromatic N) is 2. The summed E-state index contributed by atoms with van der Waals surface area (Å²) in [6.45, 7) is 2.57. The van der Waals surface area contributed by atoms with Gasteiger partial charge in [0.2, 0.25) is 5.91 Å². The lowest BCUT2D eigenvalue weighted by molar-refractivity contribution is -0.160. The maximum Gasteiger partial charge on any atom is 0.255 e. The molecule has 4 aliphatic heterocycles. The van der Waals surface area contributed by atoms with E-state index in [9.17, 15) is 14.4 Å². The quantitative estimate of drug-likeness (QED) is 0.658. The normalized spacial score (nSPS) is 33.4. The van der Waals surface area contributed by atoms with Crippen LogP contribution in [-0.2, 0) is 16.1 Å². The van der Waals surface area contributed by atoms with E-state index in [-0.39, 0.29) is 29.7 Å². The van der Waals surface area contributed by atoms with Gasteiger partial charge in [0.25, 0.3) is 11.8 Å². The van der Waals surface area contributed by atoms with Crippen LogP contribution in [0.25, 0.3) is 0 Å². The number of carbonyl (C=O) groups excluding carboxylic acids is 3. The summed E-state index contributed by atoms with van der Waals surface area (Å²) in [7, 11) is 0. The minimum Gasteiger partial charge on any atom is -0.489 e. The van der Waals surface area contributed by atoms with Crippen LogP contribution in [0.2, 0.25) is 0 Å². The van der Waals surface area contributed by atoms with Gasteiger partial charge in [0, 0.05) is 30.6 Å². The van der Waals surface area contributed by atoms with Gasteiger partial charge in [-0.25, -0.2) is 0 Å². The summed E-state index contributed by atoms with van der Waals surface area (Å²) in [6, 6.07) is 17.0. The van der Waals surface area contributed by atoms with Gasteiger partial charge in [0.05, 0.1) is 0 Å². The van der Waals surface area contributed by atoms with E-state index in [0.29, 0.717) is 36.9 Å². The maximum atomic E-state index is 13.2. The Labute approximate surface area is 210 Å². The summed E-state index contributed by atoms with van der Waals surface area (Å²) in [5.74, 6) is 0.557. The molecule has 186 valence electrons. The van der Waals surface area contributed by atoms with Crippen molar-refractivity contribution in [2.75, 3.05) is 13.1 Å². The summed E-state index contributed by atoms with van der Waals surface area (Å²) < 4.78 is 6.56. The van der Waals surface area contributed by atoms with Crippen molar-refractivity contribution in [3.05, 3.63) is 65.2 Å². The van der Waals surface area contributed by atoms with Crippen LogP contribution in [0.4, 0.5) is 0 Å². The second-order valence-corrected chi connectivity index (χ2v) is 11.2. The zero-order valence-electron chi connectivity index (χ0n) is 20.3. The first-order valence-corrected chi connectivity index (χ1v) is 13.3. The number of fused-ring (bicyclic) bond motifs is 3. The zero-order chi connectivity index (χ0) is 24.4. The fraction of sp³-hybridized carbons (Fsp3) is 0.483. The Hall–Kier alpha value is -3.19. The monoisotopic (exact) mass is 485 g/mol. The van der Waals surface area contributed by atoms with Gasteiger partial charge in [-0.05, 0) is 80.3 Å². The number of benzene rings is 2. The molecule has 36 heavy (non-hydrogen) atoms. The van der Waals surface area contributed by atoms with Crippen LogP contribution >= 0.6 is 0 Å². The van der Waals surface area contributed by atoms with Crippen LogP contribution in [0.3, 0.4) is 0 Å². The summed E-state index contributed by atoms with van der Waals surface area (Å²) in [5.41, 5.74) is 2.09. The number of rotatable bonds is 5. The second-order valence-electron chi connectivity index (χ2n) is 11.2. The molecule has 0 radical (unpaired) electrons. The number of nitrogens with one attached hydrogen (secondary N) is 1. The largest absolute Gasteiger partial charge is 0.489 e. The first-order valence-electron chi connectivity index (χ1n) is 13.3. The van der Waals surface area contributed by atoms with Gasteiger partial charge in [-0.2, -0.15) is 0 Å². The SMILES string of the molecule is O=C1NC(=O)C2(N3Cc4cc(O[C@@H]5CCC[C@H]5N5CC[C@@H](c6ccccc6)C5)ccc4C3=O)CC1C2. The van der Waals surface area contributed by atoms with E-state index in [1.54, 1.807) is 4.90 Å². The first kappa shape index (κ1) is 22.0. The molecule has 2 saturated carbocycles. The summed E-state index contributed by atoms with van der Waals surface area (Å²) in [6.07, 6.45) is 5.56. The molecule has 2 bridgehead atoms. The Balaban J connectivity index is 1.04. The van der Waals surface area contributed by atoms with E-state index in [1.165, 1.54) is 12.0 Å². The van der Waals surface area contributed by atoms with E-state index in [0.717, 1.165) is 43.7 Å². The van der Waals surface area contributed by atoms with Crippen LogP contribution in [0.1, 0.15) is 65.9 Å². The molecule has 3 saturated heterocycles. The van der Waals surface area contributed by atoms with Crippen LogP contribution in [-0.4, -0.2) is 58.3 Å². The van der Waals surface area contributed by atoms with Crippen molar-refractivity contribution in [2.45, 2.75) is 68.7 Å². The molecular weight excluding hydrogens is 454 g/mol. The van der Waals surface area contributed by atoms with E-state index in [2.05, 4.69) is 40.5 Å². The Morgan fingerprint density at radius 2 is 1.78 bits per heavy atom. The molecule has 0 spiro atoms. The Kier molecular flexibility index (Phi) is 5.00. The Morgan fingerprint density at radius 3 is 2.58 bits per heavy atom. The Bertz CT molecular complexity index is 1240. The van der Waals surface area contributed by atoms with Crippen molar-refractivity contribution in [3.8, 4) is 5.75 Å². The topological polar surface area (TPSA) is 79.0 Å². The molecule has 0 unspecified atom stereocenters. The van der Waals surface area contributed by atoms with Gasteiger partial charge in [0.15, 0.2) is 0 Å². The van der Waals surface area contributed by atoms with Crippen LogP contribution in [0.15, 0.2) is 48.5 Å². The van der Waals surface area contributed by atoms with Crippen LogP contribution in [0, 0.1) is 5.92 Å². The number of amides is 3. The molecule has 3 amide bonds. The molecule has 7 heteroatoms. The smallest absolute Gasteiger partial charge is 0.255 e. The molecule has 4 heterocycles. The number of piperidine rings is 2. The highest BCUT2D eigenvalue weighted by atomic mass is 16.5. The molecular formula is C29H31N3O4. The predicted octanol–water partition coefficient (Wildman–Crippen LogP) is 3.24. The van der Waals surface area contributed by atoms with Crippen molar-refractivity contribution in [2.24, 2.45) is 5.92 Å². The van der Waals surface area contributed by atoms with Gasteiger partial charge < -0.3 is 9.64 Å². The average molecular weight is 486 g/mol. The summed E-state index contributed by atoms with van der Waals surface area (Å²) >= 11 is 0. The zero-order valence-corrected chi connectivity index (χ0v) is 20.3. The lowest BCUT2D eigenvalue weighted by Crippen LogP contribution is -2.73. The maximum absolute atomic E-state index is 13.2. The minimum atomic E-state index is -0.878. The summed E-state index contributed by atoms with van der Waals surface area (Å²) in [4.78, 5) is 42.0. The molecule has 5 fully saturated rings. The number of carbonyl (C=O) groups is 3.